The molecule has 7 heteroatoms. The minimum absolute atomic E-state index is 0.108. The van der Waals surface area contributed by atoms with Gasteiger partial charge in [0.1, 0.15) is 18.2 Å². The first kappa shape index (κ1) is 16.1. The van der Waals surface area contributed by atoms with Crippen molar-refractivity contribution >= 4 is 31.3 Å². The zero-order valence-electron chi connectivity index (χ0n) is 10.9. The van der Waals surface area contributed by atoms with Crippen molar-refractivity contribution in [2.45, 2.75) is 18.4 Å². The van der Waals surface area contributed by atoms with Gasteiger partial charge in [0.25, 0.3) is 9.05 Å². The predicted octanol–water partition coefficient (Wildman–Crippen LogP) is 4.29. The number of hydrogen-bond donors (Lipinski definition) is 0. The third-order valence-corrected chi connectivity index (χ3v) is 4.53. The van der Waals surface area contributed by atoms with Gasteiger partial charge >= 0.3 is 0 Å². The van der Waals surface area contributed by atoms with Crippen LogP contribution in [0.1, 0.15) is 11.1 Å². The zero-order chi connectivity index (χ0) is 15.6. The molecule has 3 nitrogen and oxygen atoms in total. The summed E-state index contributed by atoms with van der Waals surface area (Å²) in [5.74, 6) is -0.0572. The largest absolute Gasteiger partial charge is 0.487 e. The van der Waals surface area contributed by atoms with Crippen LogP contribution in [0.15, 0.2) is 41.3 Å². The van der Waals surface area contributed by atoms with E-state index in [9.17, 15) is 12.8 Å². The van der Waals surface area contributed by atoms with Gasteiger partial charge in [0.2, 0.25) is 0 Å². The lowest BCUT2D eigenvalue weighted by Gasteiger charge is -2.10. The number of aryl methyl sites for hydroxylation is 1. The van der Waals surface area contributed by atoms with E-state index in [1.165, 1.54) is 30.3 Å². The highest BCUT2D eigenvalue weighted by Gasteiger charge is 2.13. The van der Waals surface area contributed by atoms with Gasteiger partial charge in [0, 0.05) is 10.7 Å². The van der Waals surface area contributed by atoms with Gasteiger partial charge in [-0.3, -0.25) is 0 Å². The third-order valence-electron chi connectivity index (χ3n) is 2.88. The van der Waals surface area contributed by atoms with E-state index in [2.05, 4.69) is 0 Å². The molecule has 0 fully saturated rings. The summed E-state index contributed by atoms with van der Waals surface area (Å²) < 4.78 is 41.0. The Hall–Kier alpha value is -1.30. The minimum atomic E-state index is -3.84. The Kier molecular flexibility index (Phi) is 4.76. The Morgan fingerprint density at radius 3 is 2.52 bits per heavy atom. The Morgan fingerprint density at radius 1 is 1.19 bits per heavy atom. The molecule has 0 saturated heterocycles. The molecule has 2 aromatic carbocycles. The number of benzene rings is 2. The maximum Gasteiger partial charge on any atom is 0.261 e. The van der Waals surface area contributed by atoms with Crippen LogP contribution in [0.2, 0.25) is 5.02 Å². The van der Waals surface area contributed by atoms with Crippen molar-refractivity contribution in [3.63, 3.8) is 0 Å². The van der Waals surface area contributed by atoms with Gasteiger partial charge in [-0.1, -0.05) is 17.7 Å². The lowest BCUT2D eigenvalue weighted by Crippen LogP contribution is -2.00. The topological polar surface area (TPSA) is 43.4 Å². The monoisotopic (exact) mass is 348 g/mol. The molecule has 0 aromatic heterocycles. The summed E-state index contributed by atoms with van der Waals surface area (Å²) in [6, 6.07) is 8.30. The molecule has 0 aliphatic carbocycles. The molecule has 2 rings (SSSR count). The molecular weight excluding hydrogens is 338 g/mol. The van der Waals surface area contributed by atoms with Crippen molar-refractivity contribution in [3.8, 4) is 5.75 Å². The van der Waals surface area contributed by atoms with Crippen LogP contribution in [0.5, 0.6) is 5.75 Å². The van der Waals surface area contributed by atoms with E-state index in [-0.39, 0.29) is 22.3 Å². The fourth-order valence-corrected chi connectivity index (χ4v) is 2.78. The molecule has 0 bridgehead atoms. The van der Waals surface area contributed by atoms with Gasteiger partial charge in [0.05, 0.1) is 9.92 Å². The first-order valence-electron chi connectivity index (χ1n) is 5.89. The molecule has 0 N–H and O–H groups in total. The van der Waals surface area contributed by atoms with Crippen molar-refractivity contribution in [2.24, 2.45) is 0 Å². The maximum absolute atomic E-state index is 13.2. The Bertz CT molecular complexity index is 776. The van der Waals surface area contributed by atoms with Crippen LogP contribution in [0.25, 0.3) is 0 Å². The van der Waals surface area contributed by atoms with Crippen LogP contribution in [-0.2, 0) is 15.7 Å². The van der Waals surface area contributed by atoms with Crippen molar-refractivity contribution in [2.75, 3.05) is 0 Å². The average Bonchev–Trinajstić information content (AvgIpc) is 2.40. The van der Waals surface area contributed by atoms with Gasteiger partial charge < -0.3 is 4.74 Å². The second-order valence-electron chi connectivity index (χ2n) is 4.39. The van der Waals surface area contributed by atoms with E-state index in [0.717, 1.165) is 5.56 Å². The van der Waals surface area contributed by atoms with E-state index in [4.69, 9.17) is 27.0 Å². The molecule has 0 radical (unpaired) electrons. The molecule has 0 unspecified atom stereocenters. The average molecular weight is 349 g/mol. The molecule has 0 aliphatic heterocycles. The summed E-state index contributed by atoms with van der Waals surface area (Å²) in [6.07, 6.45) is 0. The fourth-order valence-electron chi connectivity index (χ4n) is 1.70. The Morgan fingerprint density at radius 2 is 1.90 bits per heavy atom. The lowest BCUT2D eigenvalue weighted by atomic mass is 10.1. The van der Waals surface area contributed by atoms with Crippen molar-refractivity contribution in [1.82, 2.24) is 0 Å². The molecule has 112 valence electrons. The van der Waals surface area contributed by atoms with Crippen molar-refractivity contribution in [3.05, 3.63) is 58.4 Å². The second kappa shape index (κ2) is 6.22. The van der Waals surface area contributed by atoms with Crippen LogP contribution in [-0.4, -0.2) is 8.42 Å². The summed E-state index contributed by atoms with van der Waals surface area (Å²) in [7, 11) is 1.39. The maximum atomic E-state index is 13.2. The molecule has 0 atom stereocenters. The highest BCUT2D eigenvalue weighted by molar-refractivity contribution is 8.13. The number of rotatable bonds is 4. The van der Waals surface area contributed by atoms with Crippen LogP contribution in [0.4, 0.5) is 4.39 Å². The lowest BCUT2D eigenvalue weighted by molar-refractivity contribution is 0.304. The molecule has 0 amide bonds. The Labute approximate surface area is 131 Å². The van der Waals surface area contributed by atoms with E-state index < -0.39 is 9.05 Å². The quantitative estimate of drug-likeness (QED) is 0.774. The van der Waals surface area contributed by atoms with Crippen molar-refractivity contribution in [1.29, 1.82) is 0 Å². The molecule has 0 saturated carbocycles. The van der Waals surface area contributed by atoms with Crippen molar-refractivity contribution < 1.29 is 17.5 Å². The summed E-state index contributed by atoms with van der Waals surface area (Å²) in [6.45, 7) is 1.96. The number of halogens is 3. The van der Waals surface area contributed by atoms with Crippen LogP contribution in [0, 0.1) is 12.7 Å². The minimum Gasteiger partial charge on any atom is -0.487 e. The zero-order valence-corrected chi connectivity index (χ0v) is 13.3. The number of ether oxygens (including phenoxy) is 1. The highest BCUT2D eigenvalue weighted by Crippen LogP contribution is 2.29. The number of hydrogen-bond acceptors (Lipinski definition) is 3. The normalized spacial score (nSPS) is 11.4. The molecular formula is C14H11Cl2FO3S. The van der Waals surface area contributed by atoms with Crippen LogP contribution < -0.4 is 4.74 Å². The predicted molar refractivity (Wildman–Crippen MR) is 80.0 cm³/mol. The van der Waals surface area contributed by atoms with Gasteiger partial charge in [-0.15, -0.1) is 0 Å². The summed E-state index contributed by atoms with van der Waals surface area (Å²) in [4.78, 5) is -0.108. The molecule has 0 aliphatic rings. The van der Waals surface area contributed by atoms with E-state index in [1.807, 2.05) is 6.92 Å². The Balaban J connectivity index is 2.19. The van der Waals surface area contributed by atoms with Gasteiger partial charge in [-0.25, -0.2) is 12.8 Å². The van der Waals surface area contributed by atoms with Crippen LogP contribution in [0.3, 0.4) is 0 Å². The van der Waals surface area contributed by atoms with E-state index in [1.54, 1.807) is 6.07 Å². The molecule has 2 aromatic rings. The summed E-state index contributed by atoms with van der Waals surface area (Å²) in [5.41, 5.74) is 1.56. The smallest absolute Gasteiger partial charge is 0.261 e. The molecule has 0 heterocycles. The summed E-state index contributed by atoms with van der Waals surface area (Å²) >= 11 is 5.95. The summed E-state index contributed by atoms with van der Waals surface area (Å²) in [5, 5.41) is 0.116. The fraction of sp³-hybridized carbons (Fsp3) is 0.143. The molecule has 21 heavy (non-hydrogen) atoms. The standard InChI is InChI=1S/C14H11Cl2FO3S/c1-9-2-3-11(17)6-10(9)8-20-14-5-4-12(7-13(14)15)21(16,18)19/h2-7H,8H2,1H3. The second-order valence-corrected chi connectivity index (χ2v) is 7.36. The van der Waals surface area contributed by atoms with Crippen LogP contribution >= 0.6 is 22.3 Å². The third kappa shape index (κ3) is 4.09. The van der Waals surface area contributed by atoms with Gasteiger partial charge in [-0.2, -0.15) is 0 Å². The SMILES string of the molecule is Cc1ccc(F)cc1COc1ccc(S(=O)(=O)Cl)cc1Cl. The van der Waals surface area contributed by atoms with Gasteiger partial charge in [0.15, 0.2) is 0 Å². The van der Waals surface area contributed by atoms with E-state index >= 15 is 0 Å². The first-order valence-corrected chi connectivity index (χ1v) is 8.58. The highest BCUT2D eigenvalue weighted by atomic mass is 35.7. The molecule has 0 spiro atoms. The van der Waals surface area contributed by atoms with E-state index in [0.29, 0.717) is 11.3 Å². The van der Waals surface area contributed by atoms with Gasteiger partial charge in [-0.05, 0) is 48.4 Å². The first-order chi connectivity index (χ1) is 9.77.